The van der Waals surface area contributed by atoms with Crippen molar-refractivity contribution >= 4 is 5.78 Å². The highest BCUT2D eigenvalue weighted by Crippen LogP contribution is 2.65. The third-order valence-corrected chi connectivity index (χ3v) is 9.71. The van der Waals surface area contributed by atoms with Gasteiger partial charge in [0.05, 0.1) is 18.3 Å². The third kappa shape index (κ3) is 3.27. The van der Waals surface area contributed by atoms with Crippen LogP contribution in [0.5, 0.6) is 0 Å². The molecule has 9 atom stereocenters. The van der Waals surface area contributed by atoms with Crippen molar-refractivity contribution in [2.45, 2.75) is 90.5 Å². The molecule has 5 heteroatoms. The predicted molar refractivity (Wildman–Crippen MR) is 113 cm³/mol. The Bertz CT molecular complexity index is 820. The minimum absolute atomic E-state index is 0.00711. The van der Waals surface area contributed by atoms with E-state index in [1.54, 1.807) is 10.9 Å². The Morgan fingerprint density at radius 1 is 1.17 bits per heavy atom. The van der Waals surface area contributed by atoms with Crippen molar-refractivity contribution < 1.29 is 14.3 Å². The maximum Gasteiger partial charge on any atom is 0.157 e. The van der Waals surface area contributed by atoms with Crippen LogP contribution < -0.4 is 0 Å². The molecule has 0 radical (unpaired) electrons. The number of fused-ring (bicyclic) bond motifs is 5. The number of alkyl halides is 1. The summed E-state index contributed by atoms with van der Waals surface area (Å²) in [6, 6.07) is 0. The fourth-order valence-corrected chi connectivity index (χ4v) is 8.36. The average Bonchev–Trinajstić information content (AvgIpc) is 3.24. The third-order valence-electron chi connectivity index (χ3n) is 9.71. The van der Waals surface area contributed by atoms with Crippen molar-refractivity contribution in [2.75, 3.05) is 0 Å². The summed E-state index contributed by atoms with van der Waals surface area (Å²) < 4.78 is 17.1. The Balaban J connectivity index is 1.34. The monoisotopic (exact) mass is 416 g/mol. The molecule has 166 valence electrons. The summed E-state index contributed by atoms with van der Waals surface area (Å²) in [7, 11) is 0. The first-order valence-electron chi connectivity index (χ1n) is 12.1. The molecule has 0 aromatic carbocycles. The largest absolute Gasteiger partial charge is 0.390 e. The molecule has 1 aromatic rings. The van der Waals surface area contributed by atoms with Crippen LogP contribution in [0.15, 0.2) is 12.4 Å². The zero-order valence-electron chi connectivity index (χ0n) is 18.7. The SMILES string of the molecule is Cc1cnn(CC(=O)C2CCC3C4CC(F)C5CC(C)(O)CCC5C4CCC23C)c1. The van der Waals surface area contributed by atoms with Crippen LogP contribution in [0.3, 0.4) is 0 Å². The number of carbonyl (C=O) groups is 1. The number of nitrogens with zero attached hydrogens (tertiary/aromatic N) is 2. The number of halogens is 1. The smallest absolute Gasteiger partial charge is 0.157 e. The molecular formula is C25H37FN2O2. The van der Waals surface area contributed by atoms with Crippen molar-refractivity contribution in [3.63, 3.8) is 0 Å². The molecule has 1 N–H and O–H groups in total. The molecule has 4 aliphatic rings. The number of aliphatic hydroxyl groups is 1. The first kappa shape index (κ1) is 20.7. The lowest BCUT2D eigenvalue weighted by atomic mass is 9.48. The molecule has 0 bridgehead atoms. The fourth-order valence-electron chi connectivity index (χ4n) is 8.36. The number of rotatable bonds is 3. The summed E-state index contributed by atoms with van der Waals surface area (Å²) in [5.41, 5.74) is 0.390. The number of ketones is 1. The summed E-state index contributed by atoms with van der Waals surface area (Å²) in [6.07, 6.45) is 10.2. The van der Waals surface area contributed by atoms with Gasteiger partial charge in [0, 0.05) is 12.1 Å². The lowest BCUT2D eigenvalue weighted by Gasteiger charge is -2.57. The van der Waals surface area contributed by atoms with E-state index in [1.807, 2.05) is 20.0 Å². The van der Waals surface area contributed by atoms with E-state index in [1.165, 1.54) is 0 Å². The van der Waals surface area contributed by atoms with Crippen LogP contribution in [0.25, 0.3) is 0 Å². The number of aromatic nitrogens is 2. The zero-order chi connectivity index (χ0) is 21.3. The zero-order valence-corrected chi connectivity index (χ0v) is 18.7. The normalized spacial score (nSPS) is 48.0. The van der Waals surface area contributed by atoms with Gasteiger partial charge in [-0.1, -0.05) is 6.92 Å². The molecular weight excluding hydrogens is 379 g/mol. The second-order valence-electron chi connectivity index (χ2n) is 11.6. The van der Waals surface area contributed by atoms with Gasteiger partial charge in [-0.2, -0.15) is 5.10 Å². The molecule has 4 fully saturated rings. The maximum absolute atomic E-state index is 15.4. The lowest BCUT2D eigenvalue weighted by molar-refractivity contribution is -0.139. The van der Waals surface area contributed by atoms with Gasteiger partial charge in [-0.25, -0.2) is 4.39 Å². The molecule has 30 heavy (non-hydrogen) atoms. The second kappa shape index (κ2) is 7.15. The summed E-state index contributed by atoms with van der Waals surface area (Å²) in [5, 5.41) is 14.8. The van der Waals surface area contributed by atoms with Gasteiger partial charge in [-0.3, -0.25) is 9.48 Å². The van der Waals surface area contributed by atoms with Gasteiger partial charge in [0.25, 0.3) is 0 Å². The summed E-state index contributed by atoms with van der Waals surface area (Å²) in [4.78, 5) is 13.2. The standard InChI is InChI=1S/C25H37FN2O2/c1-15-12-27-28(13-15)14-23(29)21-5-4-20-18-10-22(26)19-11-24(2,30)8-6-17(19)16(18)7-9-25(20,21)3/h12-13,16-22,30H,4-11,14H2,1-3H3. The van der Waals surface area contributed by atoms with Gasteiger partial charge in [0.15, 0.2) is 5.78 Å². The maximum atomic E-state index is 15.4. The van der Waals surface area contributed by atoms with Crippen LogP contribution in [0, 0.1) is 47.8 Å². The molecule has 1 aromatic heterocycles. The Labute approximate surface area is 179 Å². The summed E-state index contributed by atoms with van der Waals surface area (Å²) in [6.45, 7) is 6.56. The summed E-state index contributed by atoms with van der Waals surface area (Å²) >= 11 is 0. The van der Waals surface area contributed by atoms with Gasteiger partial charge in [0.1, 0.15) is 6.17 Å². The summed E-state index contributed by atoms with van der Waals surface area (Å²) in [5.74, 6) is 2.29. The van der Waals surface area contributed by atoms with E-state index in [9.17, 15) is 9.90 Å². The van der Waals surface area contributed by atoms with Crippen molar-refractivity contribution in [1.82, 2.24) is 9.78 Å². The van der Waals surface area contributed by atoms with E-state index in [0.29, 0.717) is 48.8 Å². The number of carbonyl (C=O) groups excluding carboxylic acids is 1. The second-order valence-corrected chi connectivity index (χ2v) is 11.6. The molecule has 0 amide bonds. The van der Waals surface area contributed by atoms with E-state index in [0.717, 1.165) is 44.1 Å². The van der Waals surface area contributed by atoms with Crippen molar-refractivity contribution in [3.05, 3.63) is 18.0 Å². The minimum Gasteiger partial charge on any atom is -0.390 e. The van der Waals surface area contributed by atoms with E-state index in [2.05, 4.69) is 12.0 Å². The number of hydrogen-bond donors (Lipinski definition) is 1. The molecule has 1 heterocycles. The Hall–Kier alpha value is -1.23. The van der Waals surface area contributed by atoms with Crippen LogP contribution in [-0.4, -0.2) is 32.4 Å². The van der Waals surface area contributed by atoms with Crippen LogP contribution in [0.2, 0.25) is 0 Å². The topological polar surface area (TPSA) is 55.1 Å². The first-order chi connectivity index (χ1) is 14.2. The van der Waals surface area contributed by atoms with Crippen LogP contribution in [0.4, 0.5) is 4.39 Å². The number of aryl methyl sites for hydroxylation is 1. The van der Waals surface area contributed by atoms with Crippen molar-refractivity contribution in [2.24, 2.45) is 40.9 Å². The van der Waals surface area contributed by atoms with E-state index in [-0.39, 0.29) is 17.3 Å². The molecule has 0 aliphatic heterocycles. The van der Waals surface area contributed by atoms with Crippen molar-refractivity contribution in [1.29, 1.82) is 0 Å². The molecule has 9 unspecified atom stereocenters. The predicted octanol–water partition coefficient (Wildman–Crippen LogP) is 4.73. The van der Waals surface area contributed by atoms with Gasteiger partial charge in [-0.15, -0.1) is 0 Å². The van der Waals surface area contributed by atoms with Crippen LogP contribution in [-0.2, 0) is 11.3 Å². The molecule has 4 aliphatic carbocycles. The van der Waals surface area contributed by atoms with Crippen molar-refractivity contribution in [3.8, 4) is 0 Å². The Morgan fingerprint density at radius 3 is 2.63 bits per heavy atom. The highest BCUT2D eigenvalue weighted by Gasteiger charge is 2.60. The quantitative estimate of drug-likeness (QED) is 0.775. The highest BCUT2D eigenvalue weighted by molar-refractivity contribution is 5.82. The molecule has 4 saturated carbocycles. The van der Waals surface area contributed by atoms with E-state index < -0.39 is 11.8 Å². The minimum atomic E-state index is -0.799. The fraction of sp³-hybridized carbons (Fsp3) is 0.840. The molecule has 0 spiro atoms. The lowest BCUT2D eigenvalue weighted by Crippen LogP contribution is -2.54. The van der Waals surface area contributed by atoms with Gasteiger partial charge in [-0.05, 0) is 106 Å². The van der Waals surface area contributed by atoms with Gasteiger partial charge < -0.3 is 5.11 Å². The van der Waals surface area contributed by atoms with Gasteiger partial charge in [0.2, 0.25) is 0 Å². The number of hydrogen-bond acceptors (Lipinski definition) is 3. The average molecular weight is 417 g/mol. The van der Waals surface area contributed by atoms with Gasteiger partial charge >= 0.3 is 0 Å². The highest BCUT2D eigenvalue weighted by atomic mass is 19.1. The van der Waals surface area contributed by atoms with Crippen LogP contribution in [0.1, 0.15) is 70.8 Å². The van der Waals surface area contributed by atoms with E-state index in [4.69, 9.17) is 0 Å². The Morgan fingerprint density at radius 2 is 1.90 bits per heavy atom. The Kier molecular flexibility index (Phi) is 4.92. The molecule has 0 saturated heterocycles. The molecule has 5 rings (SSSR count). The van der Waals surface area contributed by atoms with Crippen LogP contribution >= 0.6 is 0 Å². The molecule has 4 nitrogen and oxygen atoms in total. The van der Waals surface area contributed by atoms with E-state index >= 15 is 4.39 Å². The first-order valence-corrected chi connectivity index (χ1v) is 12.1. The number of Topliss-reactive ketones (excluding diaryl/α,β-unsaturated/α-hetero) is 1.